The Kier molecular flexibility index (Phi) is 4.29. The maximum absolute atomic E-state index is 12.9. The van der Waals surface area contributed by atoms with Crippen molar-refractivity contribution in [3.05, 3.63) is 65.4 Å². The van der Waals surface area contributed by atoms with Gasteiger partial charge in [-0.2, -0.15) is 9.97 Å². The minimum Gasteiger partial charge on any atom is -0.424 e. The van der Waals surface area contributed by atoms with E-state index in [0.717, 1.165) is 0 Å². The van der Waals surface area contributed by atoms with Crippen molar-refractivity contribution in [2.24, 2.45) is 0 Å². The molecule has 0 spiro atoms. The van der Waals surface area contributed by atoms with Crippen LogP contribution in [0.4, 0.5) is 8.78 Å². The Morgan fingerprint density at radius 3 is 1.43 bits per heavy atom. The number of aromatic nitrogens is 3. The summed E-state index contributed by atoms with van der Waals surface area (Å²) < 4.78 is 36.4. The largest absolute Gasteiger partial charge is 0.424 e. The monoisotopic (exact) mass is 335 g/mol. The Hall–Kier alpha value is -2.80. The lowest BCUT2D eigenvalue weighted by Crippen LogP contribution is -1.98. The summed E-state index contributed by atoms with van der Waals surface area (Å²) in [6.45, 7) is 0. The fraction of sp³-hybridized carbons (Fsp3) is 0. The highest BCUT2D eigenvalue weighted by Gasteiger charge is 2.09. The van der Waals surface area contributed by atoms with Gasteiger partial charge in [0.1, 0.15) is 23.1 Å². The molecule has 0 fully saturated rings. The first-order valence-corrected chi connectivity index (χ1v) is 6.75. The number of hydrogen-bond donors (Lipinski definition) is 0. The molecule has 0 aliphatic heterocycles. The molecule has 23 heavy (non-hydrogen) atoms. The Morgan fingerprint density at radius 2 is 1.04 bits per heavy atom. The quantitative estimate of drug-likeness (QED) is 0.707. The molecule has 0 atom stereocenters. The predicted octanol–water partition coefficient (Wildman–Crippen LogP) is 4.39. The zero-order valence-electron chi connectivity index (χ0n) is 11.4. The van der Waals surface area contributed by atoms with E-state index in [0.29, 0.717) is 11.5 Å². The van der Waals surface area contributed by atoms with Gasteiger partial charge in [0.2, 0.25) is 5.28 Å². The highest BCUT2D eigenvalue weighted by atomic mass is 35.5. The van der Waals surface area contributed by atoms with Gasteiger partial charge in [-0.15, -0.1) is 4.98 Å². The van der Waals surface area contributed by atoms with Crippen molar-refractivity contribution in [1.82, 2.24) is 15.0 Å². The van der Waals surface area contributed by atoms with E-state index in [2.05, 4.69) is 15.0 Å². The van der Waals surface area contributed by atoms with E-state index in [1.54, 1.807) is 0 Å². The Morgan fingerprint density at radius 1 is 0.652 bits per heavy atom. The molecule has 0 saturated carbocycles. The normalized spacial score (nSPS) is 10.4. The third-order valence-corrected chi connectivity index (χ3v) is 2.78. The van der Waals surface area contributed by atoms with Crippen LogP contribution in [0.2, 0.25) is 5.28 Å². The number of benzene rings is 2. The third kappa shape index (κ3) is 4.10. The van der Waals surface area contributed by atoms with Crippen LogP contribution in [0, 0.1) is 11.6 Å². The van der Waals surface area contributed by atoms with Crippen molar-refractivity contribution in [3.8, 4) is 23.5 Å². The van der Waals surface area contributed by atoms with Gasteiger partial charge in [-0.25, -0.2) is 8.78 Å². The summed E-state index contributed by atoms with van der Waals surface area (Å²) in [5.41, 5.74) is 0. The van der Waals surface area contributed by atoms with Crippen LogP contribution in [0.3, 0.4) is 0 Å². The zero-order chi connectivity index (χ0) is 16.2. The van der Waals surface area contributed by atoms with Crippen LogP contribution in [-0.2, 0) is 0 Å². The molecule has 0 unspecified atom stereocenters. The second-order valence-electron chi connectivity index (χ2n) is 4.28. The van der Waals surface area contributed by atoms with E-state index >= 15 is 0 Å². The highest BCUT2D eigenvalue weighted by Crippen LogP contribution is 2.23. The number of nitrogens with zero attached hydrogens (tertiary/aromatic N) is 3. The van der Waals surface area contributed by atoms with Crippen LogP contribution in [0.5, 0.6) is 23.5 Å². The first-order valence-electron chi connectivity index (χ1n) is 6.37. The smallest absolute Gasteiger partial charge is 0.329 e. The van der Waals surface area contributed by atoms with Gasteiger partial charge in [-0.05, 0) is 60.1 Å². The van der Waals surface area contributed by atoms with Crippen molar-refractivity contribution in [3.63, 3.8) is 0 Å². The lowest BCUT2D eigenvalue weighted by molar-refractivity contribution is 0.396. The fourth-order valence-electron chi connectivity index (χ4n) is 1.62. The van der Waals surface area contributed by atoms with Gasteiger partial charge < -0.3 is 9.47 Å². The maximum Gasteiger partial charge on any atom is 0.329 e. The van der Waals surface area contributed by atoms with Gasteiger partial charge in [0.05, 0.1) is 0 Å². The van der Waals surface area contributed by atoms with Gasteiger partial charge in [0, 0.05) is 0 Å². The van der Waals surface area contributed by atoms with Gasteiger partial charge in [-0.3, -0.25) is 0 Å². The molecular formula is C15H8ClF2N3O2. The molecule has 0 aliphatic carbocycles. The molecule has 2 aromatic carbocycles. The second-order valence-corrected chi connectivity index (χ2v) is 4.62. The van der Waals surface area contributed by atoms with Gasteiger partial charge >= 0.3 is 12.0 Å². The molecule has 116 valence electrons. The molecule has 0 N–H and O–H groups in total. The van der Waals surface area contributed by atoms with Crippen LogP contribution in [0.15, 0.2) is 48.5 Å². The van der Waals surface area contributed by atoms with E-state index in [9.17, 15) is 8.78 Å². The van der Waals surface area contributed by atoms with Crippen molar-refractivity contribution in [2.45, 2.75) is 0 Å². The van der Waals surface area contributed by atoms with Crippen LogP contribution < -0.4 is 9.47 Å². The number of ether oxygens (including phenoxy) is 2. The van der Waals surface area contributed by atoms with E-state index in [1.165, 1.54) is 48.5 Å². The van der Waals surface area contributed by atoms with Crippen molar-refractivity contribution in [1.29, 1.82) is 0 Å². The molecule has 0 radical (unpaired) electrons. The molecule has 5 nitrogen and oxygen atoms in total. The fourth-order valence-corrected chi connectivity index (χ4v) is 1.77. The molecule has 3 aromatic rings. The van der Waals surface area contributed by atoms with E-state index in [1.807, 2.05) is 0 Å². The molecule has 8 heteroatoms. The zero-order valence-corrected chi connectivity index (χ0v) is 12.2. The minimum absolute atomic E-state index is 0.117. The summed E-state index contributed by atoms with van der Waals surface area (Å²) in [5, 5.41) is -0.144. The van der Waals surface area contributed by atoms with Gasteiger partial charge in [0.15, 0.2) is 0 Å². The standard InChI is InChI=1S/C15H8ClF2N3O2/c16-13-19-14(22-11-5-1-9(17)2-6-11)21-15(20-13)23-12-7-3-10(18)4-8-12/h1-8H. The summed E-state index contributed by atoms with van der Waals surface area (Å²) in [4.78, 5) is 11.5. The number of hydrogen-bond acceptors (Lipinski definition) is 5. The summed E-state index contributed by atoms with van der Waals surface area (Å²) in [6.07, 6.45) is 0. The topological polar surface area (TPSA) is 57.1 Å². The molecule has 0 saturated heterocycles. The van der Waals surface area contributed by atoms with Crippen LogP contribution in [0.25, 0.3) is 0 Å². The molecule has 1 heterocycles. The summed E-state index contributed by atoms with van der Waals surface area (Å²) in [5.74, 6) is -0.152. The Bertz CT molecular complexity index is 748. The van der Waals surface area contributed by atoms with Gasteiger partial charge in [-0.1, -0.05) is 0 Å². The molecule has 0 amide bonds. The van der Waals surface area contributed by atoms with Gasteiger partial charge in [0.25, 0.3) is 0 Å². The lowest BCUT2D eigenvalue weighted by Gasteiger charge is -2.07. The first-order chi connectivity index (χ1) is 11.1. The van der Waals surface area contributed by atoms with E-state index < -0.39 is 11.6 Å². The van der Waals surface area contributed by atoms with Crippen molar-refractivity contribution < 1.29 is 18.3 Å². The molecule has 1 aromatic heterocycles. The molecule has 3 rings (SSSR count). The lowest BCUT2D eigenvalue weighted by atomic mass is 10.3. The first kappa shape index (κ1) is 15.1. The van der Waals surface area contributed by atoms with E-state index in [-0.39, 0.29) is 17.3 Å². The molecular weight excluding hydrogens is 328 g/mol. The minimum atomic E-state index is -0.397. The summed E-state index contributed by atoms with van der Waals surface area (Å²) in [6, 6.07) is 10.3. The average molecular weight is 336 g/mol. The van der Waals surface area contributed by atoms with Crippen LogP contribution in [-0.4, -0.2) is 15.0 Å². The Labute approximate surface area is 134 Å². The number of halogens is 3. The Balaban J connectivity index is 1.81. The second kappa shape index (κ2) is 6.53. The highest BCUT2D eigenvalue weighted by molar-refractivity contribution is 6.28. The molecule has 0 bridgehead atoms. The summed E-state index contributed by atoms with van der Waals surface area (Å²) in [7, 11) is 0. The number of rotatable bonds is 4. The van der Waals surface area contributed by atoms with E-state index in [4.69, 9.17) is 21.1 Å². The van der Waals surface area contributed by atoms with Crippen LogP contribution >= 0.6 is 11.6 Å². The predicted molar refractivity (Wildman–Crippen MR) is 77.8 cm³/mol. The SMILES string of the molecule is Fc1ccc(Oc2nc(Cl)nc(Oc3ccc(F)cc3)n2)cc1. The van der Waals surface area contributed by atoms with Crippen molar-refractivity contribution in [2.75, 3.05) is 0 Å². The third-order valence-electron chi connectivity index (χ3n) is 2.61. The van der Waals surface area contributed by atoms with Crippen molar-refractivity contribution >= 4 is 11.6 Å². The molecule has 0 aliphatic rings. The van der Waals surface area contributed by atoms with Crippen LogP contribution in [0.1, 0.15) is 0 Å². The maximum atomic E-state index is 12.9. The average Bonchev–Trinajstić information content (AvgIpc) is 2.51. The summed E-state index contributed by atoms with van der Waals surface area (Å²) >= 11 is 5.79.